The Balaban J connectivity index is 1.66. The predicted molar refractivity (Wildman–Crippen MR) is 161 cm³/mol. The lowest BCUT2D eigenvalue weighted by Gasteiger charge is -2.20. The van der Waals surface area contributed by atoms with Crippen molar-refractivity contribution in [1.29, 1.82) is 0 Å². The van der Waals surface area contributed by atoms with Gasteiger partial charge in [0.25, 0.3) is 11.8 Å². The fraction of sp³-hybridized carbons (Fsp3) is 0.250. The Hall–Kier alpha value is -3.02. The summed E-state index contributed by atoms with van der Waals surface area (Å²) in [6, 6.07) is 14.6. The van der Waals surface area contributed by atoms with Crippen molar-refractivity contribution >= 4 is 63.8 Å². The molecule has 0 aliphatic rings. The average Bonchev–Trinajstić information content (AvgIpc) is 2.91. The van der Waals surface area contributed by atoms with Crippen LogP contribution >= 0.6 is 45.8 Å². The van der Waals surface area contributed by atoms with E-state index in [9.17, 15) is 9.59 Å². The van der Waals surface area contributed by atoms with E-state index < -0.39 is 11.9 Å². The van der Waals surface area contributed by atoms with E-state index in [2.05, 4.69) is 38.4 Å². The van der Waals surface area contributed by atoms with Gasteiger partial charge in [0.15, 0.2) is 11.5 Å². The molecule has 0 aromatic heterocycles. The van der Waals surface area contributed by atoms with Crippen LogP contribution in [0.5, 0.6) is 17.2 Å². The van der Waals surface area contributed by atoms with Crippen LogP contribution in [-0.2, 0) is 11.4 Å². The maximum absolute atomic E-state index is 12.8. The Kier molecular flexibility index (Phi) is 11.3. The van der Waals surface area contributed by atoms with Gasteiger partial charge in [0.2, 0.25) is 0 Å². The quantitative estimate of drug-likeness (QED) is 0.145. The van der Waals surface area contributed by atoms with Crippen LogP contribution < -0.4 is 25.0 Å². The van der Waals surface area contributed by atoms with E-state index in [0.717, 1.165) is 9.13 Å². The van der Waals surface area contributed by atoms with Crippen molar-refractivity contribution in [3.05, 3.63) is 84.9 Å². The van der Waals surface area contributed by atoms with Crippen LogP contribution in [0.1, 0.15) is 35.3 Å². The van der Waals surface area contributed by atoms with Crippen LogP contribution in [0, 0.1) is 9.49 Å². The van der Waals surface area contributed by atoms with E-state index in [4.69, 9.17) is 37.4 Å². The normalized spacial score (nSPS) is 11.8. The van der Waals surface area contributed by atoms with E-state index in [1.807, 2.05) is 19.9 Å². The van der Waals surface area contributed by atoms with Crippen molar-refractivity contribution in [3.8, 4) is 17.2 Å². The molecular weight excluding hydrogens is 656 g/mol. The lowest BCUT2D eigenvalue weighted by atomic mass is 10.0. The highest BCUT2D eigenvalue weighted by Gasteiger charge is 2.24. The minimum absolute atomic E-state index is 0.172. The van der Waals surface area contributed by atoms with Gasteiger partial charge in [0.05, 0.1) is 24.0 Å². The first-order valence-electron chi connectivity index (χ1n) is 11.8. The molecule has 1 unspecified atom stereocenters. The molecule has 0 fully saturated rings. The van der Waals surface area contributed by atoms with E-state index >= 15 is 0 Å². The molecule has 3 rings (SSSR count). The first-order valence-corrected chi connectivity index (χ1v) is 13.7. The molecule has 0 spiro atoms. The maximum atomic E-state index is 12.8. The summed E-state index contributed by atoms with van der Waals surface area (Å²) < 4.78 is 17.4. The number of ether oxygens (including phenoxy) is 3. The molecule has 11 heteroatoms. The number of benzene rings is 3. The number of amides is 2. The second-order valence-corrected chi connectivity index (χ2v) is 10.7. The molecule has 39 heavy (non-hydrogen) atoms. The molecule has 0 aliphatic carbocycles. The lowest BCUT2D eigenvalue weighted by molar-refractivity contribution is -0.123. The fourth-order valence-corrected chi connectivity index (χ4v) is 4.73. The number of rotatable bonds is 11. The number of carbonyl (C=O) groups is 2. The first kappa shape index (κ1) is 30.5. The monoisotopic (exact) mass is 683 g/mol. The highest BCUT2D eigenvalue weighted by atomic mass is 127. The first-order chi connectivity index (χ1) is 18.6. The number of nitrogens with zero attached hydrogens (tertiary/aromatic N) is 1. The van der Waals surface area contributed by atoms with E-state index in [1.165, 1.54) is 13.3 Å². The highest BCUT2D eigenvalue weighted by Crippen LogP contribution is 2.35. The van der Waals surface area contributed by atoms with Crippen molar-refractivity contribution in [2.45, 2.75) is 26.5 Å². The number of hydrogen-bond acceptors (Lipinski definition) is 6. The van der Waals surface area contributed by atoms with Crippen molar-refractivity contribution in [2.75, 3.05) is 14.2 Å². The van der Waals surface area contributed by atoms with Crippen LogP contribution in [-0.4, -0.2) is 38.3 Å². The topological polar surface area (TPSA) is 98.2 Å². The Morgan fingerprint density at radius 2 is 1.74 bits per heavy atom. The van der Waals surface area contributed by atoms with Crippen LogP contribution in [0.4, 0.5) is 0 Å². The van der Waals surface area contributed by atoms with Gasteiger partial charge in [0, 0.05) is 21.2 Å². The van der Waals surface area contributed by atoms with E-state index in [-0.39, 0.29) is 18.4 Å². The summed E-state index contributed by atoms with van der Waals surface area (Å²) in [7, 11) is 3.09. The summed E-state index contributed by atoms with van der Waals surface area (Å²) in [5, 5.41) is 7.91. The van der Waals surface area contributed by atoms with E-state index in [1.54, 1.807) is 55.6 Å². The number of hydrogen-bond donors (Lipinski definition) is 2. The zero-order chi connectivity index (χ0) is 28.5. The summed E-state index contributed by atoms with van der Waals surface area (Å²) in [4.78, 5) is 25.5. The molecule has 0 aliphatic heterocycles. The zero-order valence-corrected chi connectivity index (χ0v) is 25.4. The lowest BCUT2D eigenvalue weighted by Crippen LogP contribution is -2.48. The van der Waals surface area contributed by atoms with Crippen molar-refractivity contribution in [1.82, 2.24) is 10.7 Å². The van der Waals surface area contributed by atoms with Crippen molar-refractivity contribution < 1.29 is 23.8 Å². The van der Waals surface area contributed by atoms with Gasteiger partial charge in [0.1, 0.15) is 18.4 Å². The van der Waals surface area contributed by atoms with Crippen LogP contribution in [0.2, 0.25) is 10.0 Å². The Bertz CT molecular complexity index is 1350. The van der Waals surface area contributed by atoms with Gasteiger partial charge in [-0.25, -0.2) is 5.43 Å². The number of methoxy groups -OCH3 is 2. The minimum Gasteiger partial charge on any atom is -0.497 e. The van der Waals surface area contributed by atoms with Crippen LogP contribution in [0.3, 0.4) is 0 Å². The molecular formula is C28H28Cl2IN3O5. The molecule has 3 aromatic rings. The van der Waals surface area contributed by atoms with Crippen LogP contribution in [0.25, 0.3) is 0 Å². The van der Waals surface area contributed by atoms with Gasteiger partial charge in [-0.15, -0.1) is 0 Å². The Labute approximate surface area is 251 Å². The summed E-state index contributed by atoms with van der Waals surface area (Å²) in [6.07, 6.45) is 1.49. The zero-order valence-electron chi connectivity index (χ0n) is 21.8. The third-order valence-corrected chi connectivity index (χ3v) is 7.00. The molecule has 0 radical (unpaired) electrons. The summed E-state index contributed by atoms with van der Waals surface area (Å²) >= 11 is 14.4. The second kappa shape index (κ2) is 14.4. The molecule has 206 valence electrons. The maximum Gasteiger partial charge on any atom is 0.262 e. The standard InChI is InChI=1S/C28H28Cl2IN3O5/c1-16(2)25(33-27(35)18-6-9-21(37-3)10-7-18)28(36)34-32-14-17-11-23(31)26(24(12-17)38-4)39-15-19-5-8-20(29)13-22(19)30/h5-14,16,25H,15H2,1-4H3,(H,33,35)(H,34,36). The third kappa shape index (κ3) is 8.48. The molecule has 0 bridgehead atoms. The van der Waals surface area contributed by atoms with Crippen LogP contribution in [0.15, 0.2) is 59.7 Å². The third-order valence-electron chi connectivity index (χ3n) is 5.62. The molecule has 0 saturated carbocycles. The molecule has 1 atom stereocenters. The Morgan fingerprint density at radius 1 is 1.03 bits per heavy atom. The van der Waals surface area contributed by atoms with Crippen molar-refractivity contribution in [2.24, 2.45) is 11.0 Å². The van der Waals surface area contributed by atoms with Gasteiger partial charge in [-0.1, -0.05) is 43.1 Å². The number of nitrogens with one attached hydrogen (secondary N) is 2. The number of carbonyl (C=O) groups excluding carboxylic acids is 2. The molecule has 8 nitrogen and oxygen atoms in total. The summed E-state index contributed by atoms with van der Waals surface area (Å²) in [5.74, 6) is 0.692. The molecule has 3 aromatic carbocycles. The minimum atomic E-state index is -0.790. The second-order valence-electron chi connectivity index (χ2n) is 8.72. The number of hydrazone groups is 1. The van der Waals surface area contributed by atoms with Gasteiger partial charge in [-0.3, -0.25) is 9.59 Å². The van der Waals surface area contributed by atoms with Gasteiger partial charge >= 0.3 is 0 Å². The molecule has 0 heterocycles. The summed E-state index contributed by atoms with van der Waals surface area (Å²) in [5.41, 5.74) is 4.39. The molecule has 2 amide bonds. The van der Waals surface area contributed by atoms with Gasteiger partial charge in [-0.2, -0.15) is 5.10 Å². The smallest absolute Gasteiger partial charge is 0.262 e. The van der Waals surface area contributed by atoms with Gasteiger partial charge in [-0.05, 0) is 82.6 Å². The summed E-state index contributed by atoms with van der Waals surface area (Å²) in [6.45, 7) is 3.90. The number of halogens is 3. The SMILES string of the molecule is COc1ccc(C(=O)NC(C(=O)NN=Cc2cc(I)c(OCc3ccc(Cl)cc3Cl)c(OC)c2)C(C)C)cc1. The van der Waals surface area contributed by atoms with E-state index in [0.29, 0.717) is 38.4 Å². The van der Waals surface area contributed by atoms with Gasteiger partial charge < -0.3 is 19.5 Å². The average molecular weight is 684 g/mol. The Morgan fingerprint density at radius 3 is 2.36 bits per heavy atom. The fourth-order valence-electron chi connectivity index (χ4n) is 3.48. The molecule has 0 saturated heterocycles. The van der Waals surface area contributed by atoms with Crippen molar-refractivity contribution in [3.63, 3.8) is 0 Å². The molecule has 2 N–H and O–H groups in total. The predicted octanol–water partition coefficient (Wildman–Crippen LogP) is 6.10. The highest BCUT2D eigenvalue weighted by molar-refractivity contribution is 14.1. The largest absolute Gasteiger partial charge is 0.497 e.